The first kappa shape index (κ1) is 25.0. The van der Waals surface area contributed by atoms with Crippen molar-refractivity contribution in [2.75, 3.05) is 10.6 Å². The highest BCUT2D eigenvalue weighted by atomic mass is 35.5. The van der Waals surface area contributed by atoms with E-state index in [1.165, 1.54) is 30.2 Å². The molecule has 0 bridgehead atoms. The van der Waals surface area contributed by atoms with Crippen molar-refractivity contribution in [3.8, 4) is 0 Å². The Bertz CT molecular complexity index is 1150. The Balaban J connectivity index is 1.40. The zero-order chi connectivity index (χ0) is 24.6. The van der Waals surface area contributed by atoms with Crippen LogP contribution in [0.25, 0.3) is 0 Å². The van der Waals surface area contributed by atoms with Gasteiger partial charge in [0.15, 0.2) is 0 Å². The van der Waals surface area contributed by atoms with Gasteiger partial charge in [0, 0.05) is 6.20 Å². The molecule has 1 aliphatic carbocycles. The molecule has 1 aliphatic rings. The molecule has 9 nitrogen and oxygen atoms in total. The van der Waals surface area contributed by atoms with Crippen LogP contribution >= 0.6 is 22.9 Å². The molecule has 35 heavy (non-hydrogen) atoms. The summed E-state index contributed by atoms with van der Waals surface area (Å²) in [4.78, 5) is 35.2. The normalized spacial score (nSPS) is 14.8. The minimum atomic E-state index is -0.650. The van der Waals surface area contributed by atoms with Crippen LogP contribution in [0.5, 0.6) is 0 Å². The molecule has 3 aromatic rings. The van der Waals surface area contributed by atoms with Crippen molar-refractivity contribution < 1.29 is 9.59 Å². The Kier molecular flexibility index (Phi) is 8.59. The Labute approximate surface area is 213 Å². The summed E-state index contributed by atoms with van der Waals surface area (Å²) in [5, 5.41) is 17.9. The molecule has 0 spiro atoms. The summed E-state index contributed by atoms with van der Waals surface area (Å²) in [6.45, 7) is 2.32. The molecule has 0 aromatic carbocycles. The summed E-state index contributed by atoms with van der Waals surface area (Å²) in [6.07, 6.45) is 12.4. The summed E-state index contributed by atoms with van der Waals surface area (Å²) in [6, 6.07) is 2.82. The van der Waals surface area contributed by atoms with Crippen LogP contribution in [0.2, 0.25) is 5.02 Å². The number of pyridine rings is 1. The molecule has 2 amide bonds. The van der Waals surface area contributed by atoms with Gasteiger partial charge in [-0.1, -0.05) is 43.7 Å². The van der Waals surface area contributed by atoms with E-state index in [0.29, 0.717) is 34.5 Å². The fraction of sp³-hybridized carbons (Fsp3) is 0.417. The lowest BCUT2D eigenvalue weighted by molar-refractivity contribution is -0.118. The van der Waals surface area contributed by atoms with Gasteiger partial charge in [-0.2, -0.15) is 10.2 Å². The van der Waals surface area contributed by atoms with Gasteiger partial charge in [0.1, 0.15) is 15.9 Å². The van der Waals surface area contributed by atoms with Gasteiger partial charge in [-0.15, -0.1) is 11.3 Å². The maximum absolute atomic E-state index is 13.1. The van der Waals surface area contributed by atoms with Crippen LogP contribution in [0.1, 0.15) is 58.9 Å². The van der Waals surface area contributed by atoms with E-state index in [-0.39, 0.29) is 11.8 Å². The van der Waals surface area contributed by atoms with E-state index in [2.05, 4.69) is 36.1 Å². The molecule has 0 saturated heterocycles. The molecule has 3 heterocycles. The number of nitrogens with one attached hydrogen (secondary N) is 3. The third-order valence-electron chi connectivity index (χ3n) is 6.03. The van der Waals surface area contributed by atoms with Gasteiger partial charge in [-0.3, -0.25) is 14.6 Å². The lowest BCUT2D eigenvalue weighted by Gasteiger charge is -2.26. The number of thiazole rings is 1. The first-order valence-electron chi connectivity index (χ1n) is 11.7. The first-order valence-corrected chi connectivity index (χ1v) is 12.9. The summed E-state index contributed by atoms with van der Waals surface area (Å²) < 4.78 is 0. The van der Waals surface area contributed by atoms with Crippen LogP contribution in [-0.4, -0.2) is 38.0 Å². The highest BCUT2D eigenvalue weighted by Crippen LogP contribution is 2.28. The zero-order valence-electron chi connectivity index (χ0n) is 19.5. The number of nitrogens with zero attached hydrogens (tertiary/aromatic N) is 4. The number of anilines is 2. The van der Waals surface area contributed by atoms with E-state index >= 15 is 0 Å². The second kappa shape index (κ2) is 12.0. The first-order chi connectivity index (χ1) is 17.0. The Morgan fingerprint density at radius 2 is 1.97 bits per heavy atom. The molecule has 11 heteroatoms. The molecule has 184 valence electrons. The van der Waals surface area contributed by atoms with Gasteiger partial charge < -0.3 is 16.0 Å². The number of carbonyl (C=O) groups is 2. The molecule has 0 radical (unpaired) electrons. The van der Waals surface area contributed by atoms with Gasteiger partial charge in [-0.25, -0.2) is 4.98 Å². The highest BCUT2D eigenvalue weighted by Gasteiger charge is 2.27. The average molecular weight is 514 g/mol. The lowest BCUT2D eigenvalue weighted by atomic mass is 9.84. The fourth-order valence-corrected chi connectivity index (χ4v) is 5.08. The number of aryl methyl sites for hydroxylation is 1. The van der Waals surface area contributed by atoms with Crippen LogP contribution in [-0.2, 0) is 11.3 Å². The van der Waals surface area contributed by atoms with E-state index in [1.54, 1.807) is 24.5 Å². The van der Waals surface area contributed by atoms with Crippen molar-refractivity contribution in [1.82, 2.24) is 25.5 Å². The Morgan fingerprint density at radius 3 is 2.74 bits per heavy atom. The smallest absolute Gasteiger partial charge is 0.263 e. The number of carbonyl (C=O) groups excluding carboxylic acids is 2. The molecule has 3 N–H and O–H groups in total. The van der Waals surface area contributed by atoms with Gasteiger partial charge in [0.25, 0.3) is 5.91 Å². The van der Waals surface area contributed by atoms with Crippen molar-refractivity contribution in [2.24, 2.45) is 5.92 Å². The number of amides is 2. The molecular formula is C24H28ClN7O2S. The molecule has 4 rings (SSSR count). The van der Waals surface area contributed by atoms with Crippen LogP contribution in [0.15, 0.2) is 36.9 Å². The van der Waals surface area contributed by atoms with Gasteiger partial charge >= 0.3 is 0 Å². The number of hydrogen-bond acceptors (Lipinski definition) is 8. The largest absolute Gasteiger partial charge is 0.377 e. The maximum Gasteiger partial charge on any atom is 0.263 e. The SMILES string of the molecule is Cc1ncc(Cl)cc1NCc1ncc(C(=O)N[C@@H](CC2CCCCC2)C(=O)Nc2ccnnc2)s1. The third-order valence-corrected chi connectivity index (χ3v) is 7.23. The average Bonchev–Trinajstić information content (AvgIpc) is 3.35. The minimum Gasteiger partial charge on any atom is -0.377 e. The van der Waals surface area contributed by atoms with E-state index < -0.39 is 6.04 Å². The highest BCUT2D eigenvalue weighted by molar-refractivity contribution is 7.13. The Morgan fingerprint density at radius 1 is 1.14 bits per heavy atom. The van der Waals surface area contributed by atoms with E-state index in [9.17, 15) is 9.59 Å². The van der Waals surface area contributed by atoms with Crippen molar-refractivity contribution >= 4 is 46.1 Å². The molecule has 1 saturated carbocycles. The third kappa shape index (κ3) is 7.19. The fourth-order valence-electron chi connectivity index (χ4n) is 4.17. The van der Waals surface area contributed by atoms with Crippen molar-refractivity contribution in [2.45, 2.75) is 58.0 Å². The zero-order valence-corrected chi connectivity index (χ0v) is 21.0. The van der Waals surface area contributed by atoms with Crippen molar-refractivity contribution in [3.05, 3.63) is 57.5 Å². The topological polar surface area (TPSA) is 122 Å². The number of rotatable bonds is 9. The summed E-state index contributed by atoms with van der Waals surface area (Å²) in [5.74, 6) is -0.156. The van der Waals surface area contributed by atoms with Crippen LogP contribution in [0.3, 0.4) is 0 Å². The predicted molar refractivity (Wildman–Crippen MR) is 137 cm³/mol. The van der Waals surface area contributed by atoms with Crippen LogP contribution in [0, 0.1) is 12.8 Å². The molecule has 0 aliphatic heterocycles. The molecule has 1 atom stereocenters. The number of aromatic nitrogens is 4. The van der Waals surface area contributed by atoms with E-state index in [4.69, 9.17) is 11.6 Å². The van der Waals surface area contributed by atoms with Crippen molar-refractivity contribution in [1.29, 1.82) is 0 Å². The van der Waals surface area contributed by atoms with E-state index in [1.807, 2.05) is 6.92 Å². The maximum atomic E-state index is 13.1. The monoisotopic (exact) mass is 513 g/mol. The predicted octanol–water partition coefficient (Wildman–Crippen LogP) is 4.61. The van der Waals surface area contributed by atoms with E-state index in [0.717, 1.165) is 42.1 Å². The number of hydrogen-bond donors (Lipinski definition) is 3. The second-order valence-corrected chi connectivity index (χ2v) is 10.2. The summed E-state index contributed by atoms with van der Waals surface area (Å²) >= 11 is 7.32. The standard InChI is InChI=1S/C24H28ClN7O2S/c1-15-19(10-17(25)11-26-15)27-14-22-28-13-21(35-22)24(34)32-20(9-16-5-3-2-4-6-16)23(33)31-18-7-8-29-30-12-18/h7-8,10-13,16,20,27H,2-6,9,14H2,1H3,(H,32,34)(H,29,31,33)/t20-/m0/s1. The Hall–Kier alpha value is -3.11. The molecule has 3 aromatic heterocycles. The lowest BCUT2D eigenvalue weighted by Crippen LogP contribution is -2.45. The van der Waals surface area contributed by atoms with Crippen LogP contribution in [0.4, 0.5) is 11.4 Å². The van der Waals surface area contributed by atoms with Gasteiger partial charge in [0.05, 0.1) is 47.2 Å². The second-order valence-electron chi connectivity index (χ2n) is 8.64. The van der Waals surface area contributed by atoms with Crippen molar-refractivity contribution in [3.63, 3.8) is 0 Å². The molecule has 0 unspecified atom stereocenters. The van der Waals surface area contributed by atoms with Crippen LogP contribution < -0.4 is 16.0 Å². The van der Waals surface area contributed by atoms with Gasteiger partial charge in [0.2, 0.25) is 5.91 Å². The number of halogens is 1. The van der Waals surface area contributed by atoms with Gasteiger partial charge in [-0.05, 0) is 31.4 Å². The quantitative estimate of drug-likeness (QED) is 0.382. The molecular weight excluding hydrogens is 486 g/mol. The minimum absolute atomic E-state index is 0.257. The summed E-state index contributed by atoms with van der Waals surface area (Å²) in [5.41, 5.74) is 2.18. The summed E-state index contributed by atoms with van der Waals surface area (Å²) in [7, 11) is 0. The molecule has 1 fully saturated rings.